The molecule has 1 aromatic carbocycles. The molecule has 4 heteroatoms. The van der Waals surface area contributed by atoms with Crippen LogP contribution in [0.2, 0.25) is 0 Å². The van der Waals surface area contributed by atoms with Gasteiger partial charge in [0, 0.05) is 12.6 Å². The molecule has 0 aliphatic rings. The van der Waals surface area contributed by atoms with Gasteiger partial charge in [0.25, 0.3) is 0 Å². The van der Waals surface area contributed by atoms with Gasteiger partial charge < -0.3 is 5.32 Å². The average Bonchev–Trinajstić information content (AvgIpc) is 2.46. The molecule has 0 bridgehead atoms. The normalized spacial score (nSPS) is 9.78. The number of rotatable bonds is 4. The number of nitriles is 1. The van der Waals surface area contributed by atoms with Gasteiger partial charge in [0.05, 0.1) is 0 Å². The largest absolute Gasteiger partial charge is 0.366 e. The van der Waals surface area contributed by atoms with Crippen molar-refractivity contribution in [1.29, 1.82) is 5.26 Å². The van der Waals surface area contributed by atoms with E-state index >= 15 is 0 Å². The first-order chi connectivity index (χ1) is 8.81. The molecule has 0 aliphatic carbocycles. The number of nitrogens with zero attached hydrogens (tertiary/aromatic N) is 3. The summed E-state index contributed by atoms with van der Waals surface area (Å²) in [5.41, 5.74) is 2.88. The van der Waals surface area contributed by atoms with Gasteiger partial charge in [-0.25, -0.2) is 9.97 Å². The van der Waals surface area contributed by atoms with Crippen LogP contribution in [-0.2, 0) is 13.0 Å². The minimum Gasteiger partial charge on any atom is -0.366 e. The van der Waals surface area contributed by atoms with Crippen LogP contribution < -0.4 is 5.32 Å². The summed E-state index contributed by atoms with van der Waals surface area (Å²) in [4.78, 5) is 7.89. The summed E-state index contributed by atoms with van der Waals surface area (Å²) in [6.45, 7) is 2.82. The molecular weight excluding hydrogens is 224 g/mol. The zero-order valence-electron chi connectivity index (χ0n) is 10.2. The van der Waals surface area contributed by atoms with Crippen molar-refractivity contribution >= 4 is 5.82 Å². The monoisotopic (exact) mass is 238 g/mol. The smallest absolute Gasteiger partial charge is 0.145 e. The van der Waals surface area contributed by atoms with Crippen molar-refractivity contribution < 1.29 is 0 Å². The van der Waals surface area contributed by atoms with Crippen LogP contribution in [0.3, 0.4) is 0 Å². The lowest BCUT2D eigenvalue weighted by molar-refractivity contribution is 1.06. The Hall–Kier alpha value is -2.41. The van der Waals surface area contributed by atoms with E-state index < -0.39 is 0 Å². The Morgan fingerprint density at radius 3 is 2.56 bits per heavy atom. The minimum absolute atomic E-state index is 0.369. The molecular formula is C14H14N4. The molecule has 2 aromatic rings. The van der Waals surface area contributed by atoms with Crippen LogP contribution in [0.1, 0.15) is 23.7 Å². The van der Waals surface area contributed by atoms with Gasteiger partial charge in [-0.1, -0.05) is 31.2 Å². The molecule has 0 atom stereocenters. The van der Waals surface area contributed by atoms with Crippen LogP contribution in [0.15, 0.2) is 36.7 Å². The predicted octanol–water partition coefficient (Wildman–Crippen LogP) is 2.52. The molecule has 1 heterocycles. The van der Waals surface area contributed by atoms with Gasteiger partial charge in [-0.05, 0) is 17.5 Å². The number of aryl methyl sites for hydroxylation is 1. The van der Waals surface area contributed by atoms with Gasteiger partial charge in [-0.3, -0.25) is 0 Å². The van der Waals surface area contributed by atoms with Gasteiger partial charge in [0.1, 0.15) is 23.9 Å². The van der Waals surface area contributed by atoms with Gasteiger partial charge in [0.15, 0.2) is 0 Å². The van der Waals surface area contributed by atoms with Crippen molar-refractivity contribution in [2.45, 2.75) is 19.9 Å². The number of aromatic nitrogens is 2. The molecule has 0 radical (unpaired) electrons. The highest BCUT2D eigenvalue weighted by Gasteiger charge is 1.98. The molecule has 0 fully saturated rings. The third kappa shape index (κ3) is 3.05. The van der Waals surface area contributed by atoms with Gasteiger partial charge in [-0.2, -0.15) is 5.26 Å². The lowest BCUT2D eigenvalue weighted by Crippen LogP contribution is -2.02. The van der Waals surface area contributed by atoms with E-state index in [1.54, 1.807) is 6.07 Å². The fourth-order valence-corrected chi connectivity index (χ4v) is 1.60. The van der Waals surface area contributed by atoms with Crippen LogP contribution in [-0.4, -0.2) is 9.97 Å². The lowest BCUT2D eigenvalue weighted by atomic mass is 10.1. The third-order valence-electron chi connectivity index (χ3n) is 2.69. The van der Waals surface area contributed by atoms with E-state index in [2.05, 4.69) is 46.5 Å². The molecule has 0 saturated heterocycles. The van der Waals surface area contributed by atoms with Crippen LogP contribution in [0.5, 0.6) is 0 Å². The molecule has 0 amide bonds. The highest BCUT2D eigenvalue weighted by Crippen LogP contribution is 2.08. The minimum atomic E-state index is 0.369. The molecule has 0 saturated carbocycles. The zero-order valence-corrected chi connectivity index (χ0v) is 10.2. The Morgan fingerprint density at radius 1 is 1.17 bits per heavy atom. The van der Waals surface area contributed by atoms with Crippen molar-refractivity contribution in [2.24, 2.45) is 0 Å². The van der Waals surface area contributed by atoms with Crippen LogP contribution >= 0.6 is 0 Å². The van der Waals surface area contributed by atoms with Crippen molar-refractivity contribution in [3.05, 3.63) is 53.5 Å². The third-order valence-corrected chi connectivity index (χ3v) is 2.69. The second-order valence-corrected chi connectivity index (χ2v) is 3.92. The van der Waals surface area contributed by atoms with Gasteiger partial charge in [0.2, 0.25) is 0 Å². The number of nitrogens with one attached hydrogen (secondary N) is 1. The molecule has 0 aliphatic heterocycles. The number of anilines is 1. The summed E-state index contributed by atoms with van der Waals surface area (Å²) in [7, 11) is 0. The van der Waals surface area contributed by atoms with E-state index in [0.29, 0.717) is 18.1 Å². The number of hydrogen-bond acceptors (Lipinski definition) is 4. The zero-order chi connectivity index (χ0) is 12.8. The Labute approximate surface area is 106 Å². The first kappa shape index (κ1) is 12.1. The standard InChI is InChI=1S/C14H14N4/c1-2-11-3-5-12(6-4-11)9-16-14-7-13(8-15)17-10-18-14/h3-7,10H,2,9H2,1H3,(H,16,17,18). The van der Waals surface area contributed by atoms with Crippen LogP contribution in [0, 0.1) is 11.3 Å². The number of hydrogen-bond donors (Lipinski definition) is 1. The maximum absolute atomic E-state index is 8.74. The summed E-state index contributed by atoms with van der Waals surface area (Å²) in [5.74, 6) is 0.668. The van der Waals surface area contributed by atoms with E-state index in [1.165, 1.54) is 17.5 Å². The second kappa shape index (κ2) is 5.78. The van der Waals surface area contributed by atoms with E-state index in [1.807, 2.05) is 6.07 Å². The van der Waals surface area contributed by atoms with Crippen LogP contribution in [0.4, 0.5) is 5.82 Å². The molecule has 0 spiro atoms. The van der Waals surface area contributed by atoms with Gasteiger partial charge in [-0.15, -0.1) is 0 Å². The quantitative estimate of drug-likeness (QED) is 0.889. The fraction of sp³-hybridized carbons (Fsp3) is 0.214. The first-order valence-electron chi connectivity index (χ1n) is 5.85. The van der Waals surface area contributed by atoms with E-state index in [-0.39, 0.29) is 0 Å². The Bertz CT molecular complexity index is 555. The molecule has 2 rings (SSSR count). The molecule has 1 aromatic heterocycles. The number of benzene rings is 1. The highest BCUT2D eigenvalue weighted by molar-refractivity contribution is 5.39. The van der Waals surface area contributed by atoms with E-state index in [0.717, 1.165) is 6.42 Å². The Balaban J connectivity index is 2.00. The summed E-state index contributed by atoms with van der Waals surface area (Å²) in [5, 5.41) is 11.9. The SMILES string of the molecule is CCc1ccc(CNc2cc(C#N)ncn2)cc1. The van der Waals surface area contributed by atoms with Crippen LogP contribution in [0.25, 0.3) is 0 Å². The molecule has 1 N–H and O–H groups in total. The molecule has 90 valence electrons. The first-order valence-corrected chi connectivity index (χ1v) is 5.85. The van der Waals surface area contributed by atoms with Gasteiger partial charge >= 0.3 is 0 Å². The summed E-state index contributed by atoms with van der Waals surface area (Å²) in [6.07, 6.45) is 2.44. The van der Waals surface area contributed by atoms with E-state index in [9.17, 15) is 0 Å². The summed E-state index contributed by atoms with van der Waals surface area (Å²) < 4.78 is 0. The Morgan fingerprint density at radius 2 is 1.89 bits per heavy atom. The van der Waals surface area contributed by atoms with Crippen molar-refractivity contribution in [2.75, 3.05) is 5.32 Å². The van der Waals surface area contributed by atoms with Crippen molar-refractivity contribution in [3.8, 4) is 6.07 Å². The highest BCUT2D eigenvalue weighted by atomic mass is 15.0. The molecule has 0 unspecified atom stereocenters. The average molecular weight is 238 g/mol. The second-order valence-electron chi connectivity index (χ2n) is 3.92. The molecule has 4 nitrogen and oxygen atoms in total. The maximum atomic E-state index is 8.74. The van der Waals surface area contributed by atoms with E-state index in [4.69, 9.17) is 5.26 Å². The summed E-state index contributed by atoms with van der Waals surface area (Å²) >= 11 is 0. The molecule has 18 heavy (non-hydrogen) atoms. The predicted molar refractivity (Wildman–Crippen MR) is 69.9 cm³/mol. The lowest BCUT2D eigenvalue weighted by Gasteiger charge is -2.06. The fourth-order valence-electron chi connectivity index (χ4n) is 1.60. The van der Waals surface area contributed by atoms with Crippen molar-refractivity contribution in [3.63, 3.8) is 0 Å². The maximum Gasteiger partial charge on any atom is 0.145 e. The Kier molecular flexibility index (Phi) is 3.87. The topological polar surface area (TPSA) is 61.6 Å². The summed E-state index contributed by atoms with van der Waals surface area (Å²) in [6, 6.07) is 12.1. The van der Waals surface area contributed by atoms with Crippen molar-refractivity contribution in [1.82, 2.24) is 9.97 Å².